The van der Waals surface area contributed by atoms with Crippen molar-refractivity contribution in [1.82, 2.24) is 0 Å². The van der Waals surface area contributed by atoms with Crippen molar-refractivity contribution in [3.63, 3.8) is 0 Å². The minimum Gasteiger partial charge on any atom is -0.478 e. The maximum absolute atomic E-state index is 10.8. The molecule has 18 heavy (non-hydrogen) atoms. The average molecular weight is 266 g/mol. The normalized spacial score (nSPS) is 16.9. The quantitative estimate of drug-likeness (QED) is 0.714. The SMILES string of the molecule is CSC1(CNc2ccc(C(=O)O)cc2N)CCC1. The Balaban J connectivity index is 2.03. The molecular weight excluding hydrogens is 248 g/mol. The van der Waals surface area contributed by atoms with Crippen molar-refractivity contribution in [1.29, 1.82) is 0 Å². The minimum absolute atomic E-state index is 0.223. The third-order valence-corrected chi connectivity index (χ3v) is 5.02. The number of anilines is 2. The summed E-state index contributed by atoms with van der Waals surface area (Å²) in [5.41, 5.74) is 7.39. The maximum atomic E-state index is 10.8. The lowest BCUT2D eigenvalue weighted by atomic mass is 9.84. The Hall–Kier alpha value is -1.36. The first kappa shape index (κ1) is 13.1. The number of nitrogens with one attached hydrogen (secondary N) is 1. The van der Waals surface area contributed by atoms with Crippen molar-refractivity contribution in [3.8, 4) is 0 Å². The van der Waals surface area contributed by atoms with Gasteiger partial charge in [-0.15, -0.1) is 0 Å². The van der Waals surface area contributed by atoms with Crippen LogP contribution in [-0.4, -0.2) is 28.6 Å². The van der Waals surface area contributed by atoms with Crippen LogP contribution in [0.3, 0.4) is 0 Å². The molecule has 4 N–H and O–H groups in total. The molecular formula is C13H18N2O2S. The van der Waals surface area contributed by atoms with Gasteiger partial charge in [0.05, 0.1) is 16.9 Å². The lowest BCUT2D eigenvalue weighted by molar-refractivity contribution is 0.0697. The van der Waals surface area contributed by atoms with Gasteiger partial charge in [0.15, 0.2) is 0 Å². The Labute approximate surface area is 111 Å². The highest BCUT2D eigenvalue weighted by atomic mass is 32.2. The van der Waals surface area contributed by atoms with Gasteiger partial charge in [0.1, 0.15) is 0 Å². The lowest BCUT2D eigenvalue weighted by Gasteiger charge is -2.40. The van der Waals surface area contributed by atoms with Gasteiger partial charge in [0, 0.05) is 11.3 Å². The molecule has 0 atom stereocenters. The molecule has 1 aliphatic rings. The molecule has 2 rings (SSSR count). The largest absolute Gasteiger partial charge is 0.478 e. The highest BCUT2D eigenvalue weighted by Gasteiger charge is 2.35. The van der Waals surface area contributed by atoms with Crippen LogP contribution in [-0.2, 0) is 0 Å². The molecule has 1 saturated carbocycles. The predicted octanol–water partition coefficient (Wildman–Crippen LogP) is 2.66. The van der Waals surface area contributed by atoms with Gasteiger partial charge in [-0.25, -0.2) is 4.79 Å². The standard InChI is InChI=1S/C13H18N2O2S/c1-18-13(5-2-6-13)8-15-11-4-3-9(12(16)17)7-10(11)14/h3-4,7,15H,2,5-6,8,14H2,1H3,(H,16,17). The summed E-state index contributed by atoms with van der Waals surface area (Å²) in [6, 6.07) is 4.82. The van der Waals surface area contributed by atoms with Gasteiger partial charge in [-0.3, -0.25) is 0 Å². The summed E-state index contributed by atoms with van der Waals surface area (Å²) in [6.45, 7) is 0.880. The number of thioether (sulfide) groups is 1. The van der Waals surface area contributed by atoms with E-state index in [0.29, 0.717) is 10.4 Å². The molecule has 0 bridgehead atoms. The average Bonchev–Trinajstić information content (AvgIpc) is 2.29. The third kappa shape index (κ3) is 2.56. The fourth-order valence-corrected chi connectivity index (χ4v) is 3.05. The molecule has 0 aromatic heterocycles. The molecule has 0 radical (unpaired) electrons. The number of benzene rings is 1. The van der Waals surface area contributed by atoms with Crippen LogP contribution in [0.15, 0.2) is 18.2 Å². The number of nitrogen functional groups attached to an aromatic ring is 1. The lowest BCUT2D eigenvalue weighted by Crippen LogP contribution is -2.40. The van der Waals surface area contributed by atoms with Crippen LogP contribution >= 0.6 is 11.8 Å². The molecule has 0 spiro atoms. The fraction of sp³-hybridized carbons (Fsp3) is 0.462. The fourth-order valence-electron chi connectivity index (χ4n) is 2.14. The summed E-state index contributed by atoms with van der Waals surface area (Å²) < 4.78 is 0.331. The Morgan fingerprint density at radius 1 is 1.56 bits per heavy atom. The summed E-state index contributed by atoms with van der Waals surface area (Å²) in [5, 5.41) is 12.2. The van der Waals surface area contributed by atoms with Crippen LogP contribution in [0, 0.1) is 0 Å². The molecule has 1 aliphatic carbocycles. The second-order valence-corrected chi connectivity index (χ2v) is 5.98. The summed E-state index contributed by atoms with van der Waals surface area (Å²) in [4.78, 5) is 10.8. The van der Waals surface area contributed by atoms with Gasteiger partial charge in [-0.05, 0) is 37.3 Å². The first-order valence-corrected chi connectivity index (χ1v) is 7.21. The topological polar surface area (TPSA) is 75.3 Å². The molecule has 0 amide bonds. The smallest absolute Gasteiger partial charge is 0.335 e. The van der Waals surface area contributed by atoms with Crippen LogP contribution in [0.25, 0.3) is 0 Å². The summed E-state index contributed by atoms with van der Waals surface area (Å²) in [6.07, 6.45) is 5.89. The van der Waals surface area contributed by atoms with E-state index >= 15 is 0 Å². The predicted molar refractivity (Wildman–Crippen MR) is 76.4 cm³/mol. The number of hydrogen-bond donors (Lipinski definition) is 3. The highest BCUT2D eigenvalue weighted by molar-refractivity contribution is 8.00. The van der Waals surface area contributed by atoms with E-state index in [1.54, 1.807) is 12.1 Å². The first-order chi connectivity index (χ1) is 8.56. The zero-order valence-corrected chi connectivity index (χ0v) is 11.2. The van der Waals surface area contributed by atoms with Crippen molar-refractivity contribution in [2.45, 2.75) is 24.0 Å². The summed E-state index contributed by atoms with van der Waals surface area (Å²) >= 11 is 1.89. The molecule has 1 aromatic carbocycles. The monoisotopic (exact) mass is 266 g/mol. The van der Waals surface area contributed by atoms with Crippen LogP contribution < -0.4 is 11.1 Å². The zero-order valence-electron chi connectivity index (χ0n) is 10.4. The van der Waals surface area contributed by atoms with Crippen molar-refractivity contribution < 1.29 is 9.90 Å². The molecule has 1 aromatic rings. The van der Waals surface area contributed by atoms with Crippen LogP contribution in [0.1, 0.15) is 29.6 Å². The second-order valence-electron chi connectivity index (χ2n) is 4.70. The molecule has 0 unspecified atom stereocenters. The highest BCUT2D eigenvalue weighted by Crippen LogP contribution is 2.42. The van der Waals surface area contributed by atoms with Gasteiger partial charge in [-0.2, -0.15) is 11.8 Å². The van der Waals surface area contributed by atoms with E-state index in [-0.39, 0.29) is 5.56 Å². The van der Waals surface area contributed by atoms with Crippen LogP contribution in [0.2, 0.25) is 0 Å². The number of hydrogen-bond acceptors (Lipinski definition) is 4. The van der Waals surface area contributed by atoms with Gasteiger partial charge >= 0.3 is 5.97 Å². The molecule has 4 nitrogen and oxygen atoms in total. The van der Waals surface area contributed by atoms with Crippen LogP contribution in [0.4, 0.5) is 11.4 Å². The molecule has 1 fully saturated rings. The first-order valence-electron chi connectivity index (χ1n) is 5.98. The summed E-state index contributed by atoms with van der Waals surface area (Å²) in [5.74, 6) is -0.951. The third-order valence-electron chi connectivity index (χ3n) is 3.60. The van der Waals surface area contributed by atoms with E-state index in [2.05, 4.69) is 11.6 Å². The number of carbonyl (C=O) groups is 1. The maximum Gasteiger partial charge on any atom is 0.335 e. The van der Waals surface area contributed by atoms with Gasteiger partial charge in [-0.1, -0.05) is 6.42 Å². The second kappa shape index (κ2) is 5.10. The zero-order chi connectivity index (χ0) is 13.2. The number of carboxylic acid groups (broad SMARTS) is 1. The van der Waals surface area contributed by atoms with E-state index in [4.69, 9.17) is 10.8 Å². The van der Waals surface area contributed by atoms with E-state index in [9.17, 15) is 4.79 Å². The molecule has 98 valence electrons. The Morgan fingerprint density at radius 3 is 2.72 bits per heavy atom. The Morgan fingerprint density at radius 2 is 2.28 bits per heavy atom. The summed E-state index contributed by atoms with van der Waals surface area (Å²) in [7, 11) is 0. The number of carboxylic acids is 1. The van der Waals surface area contributed by atoms with E-state index in [1.165, 1.54) is 25.3 Å². The number of aromatic carboxylic acids is 1. The molecule has 0 aliphatic heterocycles. The van der Waals surface area contributed by atoms with Crippen molar-refractivity contribution in [3.05, 3.63) is 23.8 Å². The van der Waals surface area contributed by atoms with Gasteiger partial charge in [0.2, 0.25) is 0 Å². The number of nitrogens with two attached hydrogens (primary N) is 1. The van der Waals surface area contributed by atoms with Gasteiger partial charge in [0.25, 0.3) is 0 Å². The molecule has 5 heteroatoms. The molecule has 0 saturated heterocycles. The molecule has 0 heterocycles. The van der Waals surface area contributed by atoms with Crippen LogP contribution in [0.5, 0.6) is 0 Å². The van der Waals surface area contributed by atoms with Crippen molar-refractivity contribution in [2.24, 2.45) is 0 Å². The van der Waals surface area contributed by atoms with Gasteiger partial charge < -0.3 is 16.2 Å². The van der Waals surface area contributed by atoms with Crippen molar-refractivity contribution >= 4 is 29.1 Å². The van der Waals surface area contributed by atoms with E-state index in [0.717, 1.165) is 12.2 Å². The minimum atomic E-state index is -0.951. The Kier molecular flexibility index (Phi) is 3.71. The van der Waals surface area contributed by atoms with Crippen molar-refractivity contribution in [2.75, 3.05) is 23.9 Å². The Bertz CT molecular complexity index is 453. The van der Waals surface area contributed by atoms with E-state index < -0.39 is 5.97 Å². The van der Waals surface area contributed by atoms with E-state index in [1.807, 2.05) is 11.8 Å². The number of rotatable bonds is 5.